The van der Waals surface area contributed by atoms with Gasteiger partial charge in [-0.1, -0.05) is 195 Å². The van der Waals surface area contributed by atoms with Crippen LogP contribution in [0.2, 0.25) is 0 Å². The second-order valence-corrected chi connectivity index (χ2v) is 21.5. The molecular formula is C66H60N2. The van der Waals surface area contributed by atoms with Crippen molar-refractivity contribution in [2.24, 2.45) is 0 Å². The second-order valence-electron chi connectivity index (χ2n) is 21.5. The third-order valence-electron chi connectivity index (χ3n) is 14.6. The Kier molecular flexibility index (Phi) is 10.4. The van der Waals surface area contributed by atoms with E-state index in [1.54, 1.807) is 0 Å². The van der Waals surface area contributed by atoms with Crippen molar-refractivity contribution in [3.05, 3.63) is 234 Å². The molecule has 0 aromatic heterocycles. The molecule has 0 bridgehead atoms. The SMILES string of the molecule is CC(C)(C)c1ccc(Nc2ccc(-c3ccccc3)cc2-c2cc(-c3ccccc3)cc3c2Cc2cc4c(cc2N3c2ccc(C(C)(C)C)cc2-c2ccccc2)C(C)(C)c2ccccc2-4)cc1. The smallest absolute Gasteiger partial charge is 0.0540 e. The van der Waals surface area contributed by atoms with E-state index in [0.29, 0.717) is 0 Å². The van der Waals surface area contributed by atoms with Crippen LogP contribution in [0.15, 0.2) is 200 Å². The van der Waals surface area contributed by atoms with Crippen LogP contribution >= 0.6 is 0 Å². The number of fused-ring (bicyclic) bond motifs is 5. The molecule has 0 saturated heterocycles. The summed E-state index contributed by atoms with van der Waals surface area (Å²) in [7, 11) is 0. The number of nitrogens with one attached hydrogen (secondary N) is 1. The third kappa shape index (κ3) is 7.63. The summed E-state index contributed by atoms with van der Waals surface area (Å²) in [4.78, 5) is 2.62. The number of hydrogen-bond donors (Lipinski definition) is 1. The molecule has 1 aliphatic heterocycles. The molecule has 9 aromatic rings. The van der Waals surface area contributed by atoms with Crippen LogP contribution in [-0.4, -0.2) is 0 Å². The lowest BCUT2D eigenvalue weighted by Crippen LogP contribution is -2.22. The average molecular weight is 881 g/mol. The Morgan fingerprint density at radius 3 is 1.65 bits per heavy atom. The van der Waals surface area contributed by atoms with Crippen LogP contribution in [0, 0.1) is 0 Å². The lowest BCUT2D eigenvalue weighted by Gasteiger charge is -2.38. The van der Waals surface area contributed by atoms with Gasteiger partial charge in [-0.25, -0.2) is 0 Å². The van der Waals surface area contributed by atoms with Gasteiger partial charge in [0.05, 0.1) is 17.1 Å². The number of benzene rings is 9. The van der Waals surface area contributed by atoms with Gasteiger partial charge in [0.15, 0.2) is 0 Å². The van der Waals surface area contributed by atoms with Gasteiger partial charge in [0.25, 0.3) is 0 Å². The van der Waals surface area contributed by atoms with Crippen LogP contribution in [-0.2, 0) is 22.7 Å². The first-order valence-electron chi connectivity index (χ1n) is 24.3. The van der Waals surface area contributed by atoms with Gasteiger partial charge >= 0.3 is 0 Å². The summed E-state index contributed by atoms with van der Waals surface area (Å²) in [5.74, 6) is 0. The van der Waals surface area contributed by atoms with Gasteiger partial charge in [0, 0.05) is 34.3 Å². The standard InChI is InChI=1S/C66H60N2/c1-64(2,3)49-29-32-51(33-30-49)67-60-34-28-46(43-20-12-9-13-21-43)36-56(60)54-37-47(44-22-14-10-15-23-44)40-63-57(54)39-48-38-55-52-26-18-19-27-58(52)66(7,8)59(55)42-62(48)68(63)61-35-31-50(65(4,5)6)41-53(61)45-24-16-11-17-25-45/h9-38,40-42,67H,39H2,1-8H3. The van der Waals surface area contributed by atoms with Crippen LogP contribution < -0.4 is 10.2 Å². The van der Waals surface area contributed by atoms with Crippen molar-refractivity contribution in [3.8, 4) is 55.6 Å². The molecule has 0 fully saturated rings. The van der Waals surface area contributed by atoms with Crippen LogP contribution in [0.3, 0.4) is 0 Å². The lowest BCUT2D eigenvalue weighted by atomic mass is 9.80. The maximum atomic E-state index is 3.95. The Morgan fingerprint density at radius 2 is 0.985 bits per heavy atom. The monoisotopic (exact) mass is 880 g/mol. The minimum absolute atomic E-state index is 0.0374. The van der Waals surface area contributed by atoms with Crippen molar-refractivity contribution in [2.45, 2.75) is 78.1 Å². The van der Waals surface area contributed by atoms with Crippen LogP contribution in [0.4, 0.5) is 28.4 Å². The van der Waals surface area contributed by atoms with Gasteiger partial charge in [-0.2, -0.15) is 0 Å². The lowest BCUT2D eigenvalue weighted by molar-refractivity contribution is 0.590. The molecule has 1 N–H and O–H groups in total. The molecule has 1 heterocycles. The Balaban J connectivity index is 1.22. The predicted octanol–water partition coefficient (Wildman–Crippen LogP) is 18.4. The number of nitrogens with zero attached hydrogens (tertiary/aromatic N) is 1. The fourth-order valence-electron chi connectivity index (χ4n) is 10.7. The molecule has 0 unspecified atom stereocenters. The highest BCUT2D eigenvalue weighted by Gasteiger charge is 2.39. The van der Waals surface area contributed by atoms with E-state index in [-0.39, 0.29) is 16.2 Å². The number of anilines is 5. The van der Waals surface area contributed by atoms with Crippen molar-refractivity contribution in [1.29, 1.82) is 0 Å². The molecule has 334 valence electrons. The van der Waals surface area contributed by atoms with E-state index in [4.69, 9.17) is 0 Å². The topological polar surface area (TPSA) is 15.3 Å². The van der Waals surface area contributed by atoms with Gasteiger partial charge in [-0.05, 0) is 149 Å². The normalized spacial score (nSPS) is 13.6. The van der Waals surface area contributed by atoms with E-state index in [0.717, 1.165) is 17.8 Å². The molecule has 2 heteroatoms. The molecule has 0 saturated carbocycles. The van der Waals surface area contributed by atoms with E-state index in [2.05, 4.69) is 266 Å². The van der Waals surface area contributed by atoms with Crippen molar-refractivity contribution >= 4 is 28.4 Å². The fourth-order valence-corrected chi connectivity index (χ4v) is 10.7. The minimum atomic E-state index is -0.161. The molecule has 0 atom stereocenters. The first kappa shape index (κ1) is 43.2. The summed E-state index contributed by atoms with van der Waals surface area (Å²) in [5.41, 5.74) is 25.9. The fraction of sp³-hybridized carbons (Fsp3) is 0.182. The molecular weight excluding hydrogens is 821 g/mol. The molecule has 0 radical (unpaired) electrons. The predicted molar refractivity (Wildman–Crippen MR) is 290 cm³/mol. The highest BCUT2D eigenvalue weighted by molar-refractivity contribution is 5.99. The van der Waals surface area contributed by atoms with Crippen LogP contribution in [0.25, 0.3) is 55.6 Å². The zero-order valence-electron chi connectivity index (χ0n) is 40.7. The van der Waals surface area contributed by atoms with Crippen molar-refractivity contribution < 1.29 is 0 Å². The average Bonchev–Trinajstić information content (AvgIpc) is 3.57. The van der Waals surface area contributed by atoms with E-state index in [1.807, 2.05) is 0 Å². The molecule has 2 aliphatic rings. The zero-order chi connectivity index (χ0) is 47.0. The van der Waals surface area contributed by atoms with E-state index in [9.17, 15) is 0 Å². The summed E-state index contributed by atoms with van der Waals surface area (Å²) >= 11 is 0. The van der Waals surface area contributed by atoms with Gasteiger partial charge in [-0.3, -0.25) is 0 Å². The maximum absolute atomic E-state index is 3.95. The highest BCUT2D eigenvalue weighted by Crippen LogP contribution is 2.57. The first-order valence-corrected chi connectivity index (χ1v) is 24.3. The Morgan fingerprint density at radius 1 is 0.397 bits per heavy atom. The molecule has 1 aliphatic carbocycles. The van der Waals surface area contributed by atoms with Crippen molar-refractivity contribution in [2.75, 3.05) is 10.2 Å². The molecule has 0 amide bonds. The van der Waals surface area contributed by atoms with Crippen molar-refractivity contribution in [1.82, 2.24) is 0 Å². The van der Waals surface area contributed by atoms with E-state index < -0.39 is 0 Å². The molecule has 2 nitrogen and oxygen atoms in total. The Hall–Kier alpha value is -7.42. The molecule has 68 heavy (non-hydrogen) atoms. The largest absolute Gasteiger partial charge is 0.355 e. The van der Waals surface area contributed by atoms with E-state index in [1.165, 1.54) is 106 Å². The van der Waals surface area contributed by atoms with Crippen molar-refractivity contribution in [3.63, 3.8) is 0 Å². The quantitative estimate of drug-likeness (QED) is 0.172. The molecule has 11 rings (SSSR count). The summed E-state index contributed by atoms with van der Waals surface area (Å²) in [6.45, 7) is 18.6. The first-order chi connectivity index (χ1) is 32.7. The van der Waals surface area contributed by atoms with E-state index >= 15 is 0 Å². The van der Waals surface area contributed by atoms with Crippen LogP contribution in [0.1, 0.15) is 88.8 Å². The number of hydrogen-bond acceptors (Lipinski definition) is 2. The summed E-state index contributed by atoms with van der Waals surface area (Å²) in [6.07, 6.45) is 0.775. The van der Waals surface area contributed by atoms with Gasteiger partial charge in [0.2, 0.25) is 0 Å². The minimum Gasteiger partial charge on any atom is -0.355 e. The second kappa shape index (κ2) is 16.4. The third-order valence-corrected chi connectivity index (χ3v) is 14.6. The summed E-state index contributed by atoms with van der Waals surface area (Å²) < 4.78 is 0. The zero-order valence-corrected chi connectivity index (χ0v) is 40.7. The van der Waals surface area contributed by atoms with Gasteiger partial charge < -0.3 is 10.2 Å². The highest BCUT2D eigenvalue weighted by atomic mass is 15.2. The summed E-state index contributed by atoms with van der Waals surface area (Å²) in [5, 5.41) is 3.95. The maximum Gasteiger partial charge on any atom is 0.0540 e. The molecule has 9 aromatic carbocycles. The van der Waals surface area contributed by atoms with Gasteiger partial charge in [-0.15, -0.1) is 0 Å². The molecule has 0 spiro atoms. The number of rotatable bonds is 7. The Labute approximate surface area is 404 Å². The van der Waals surface area contributed by atoms with Gasteiger partial charge in [0.1, 0.15) is 0 Å². The van der Waals surface area contributed by atoms with Crippen LogP contribution in [0.5, 0.6) is 0 Å². The Bertz CT molecular complexity index is 3350. The summed E-state index contributed by atoms with van der Waals surface area (Å²) in [6, 6.07) is 75.0.